The molecule has 4 aromatic rings. The van der Waals surface area contributed by atoms with Crippen LogP contribution in [0.3, 0.4) is 0 Å². The molecule has 1 aliphatic rings. The molecule has 190 valence electrons. The maximum absolute atomic E-state index is 5.26. The maximum Gasteiger partial charge on any atom is 0.191 e. The van der Waals surface area contributed by atoms with Crippen molar-refractivity contribution in [1.29, 1.82) is 0 Å². The van der Waals surface area contributed by atoms with Crippen LogP contribution in [0.25, 0.3) is 22.6 Å². The lowest BCUT2D eigenvalue weighted by Gasteiger charge is -2.19. The van der Waals surface area contributed by atoms with E-state index in [0.29, 0.717) is 0 Å². The Bertz CT molecular complexity index is 1290. The average molecular weight is 526 g/mol. The lowest BCUT2D eigenvalue weighted by atomic mass is 9.99. The highest BCUT2D eigenvalue weighted by molar-refractivity contribution is 7.99. The summed E-state index contributed by atoms with van der Waals surface area (Å²) in [5.74, 6) is 3.58. The molecule has 36 heavy (non-hydrogen) atoms. The maximum atomic E-state index is 5.26. The Morgan fingerprint density at radius 3 is 2.44 bits per heavy atom. The quantitative estimate of drug-likeness (QED) is 0.223. The second-order valence-corrected chi connectivity index (χ2v) is 10.0. The summed E-state index contributed by atoms with van der Waals surface area (Å²) < 4.78 is 12.6. The molecule has 9 heteroatoms. The van der Waals surface area contributed by atoms with E-state index in [-0.39, 0.29) is 12.4 Å². The average Bonchev–Trinajstić information content (AvgIpc) is 3.42. The third-order valence-corrected chi connectivity index (χ3v) is 7.66. The molecular formula is C27H32ClN5O2S. The normalized spacial score (nSPS) is 13.6. The Labute approximate surface area is 222 Å². The molecule has 1 aliphatic heterocycles. The van der Waals surface area contributed by atoms with Crippen LogP contribution < -0.4 is 4.74 Å². The van der Waals surface area contributed by atoms with E-state index in [9.17, 15) is 0 Å². The van der Waals surface area contributed by atoms with Crippen molar-refractivity contribution in [2.75, 3.05) is 32.5 Å². The summed E-state index contributed by atoms with van der Waals surface area (Å²) in [4.78, 5) is 2.58. The zero-order valence-corrected chi connectivity index (χ0v) is 22.6. The second-order valence-electron chi connectivity index (χ2n) is 8.94. The van der Waals surface area contributed by atoms with E-state index >= 15 is 0 Å². The zero-order valence-electron chi connectivity index (χ0n) is 20.9. The summed E-state index contributed by atoms with van der Waals surface area (Å²) in [5, 5.41) is 14.0. The minimum absolute atomic E-state index is 0. The first-order valence-corrected chi connectivity index (χ1v) is 13.0. The summed E-state index contributed by atoms with van der Waals surface area (Å²) in [6.45, 7) is 5.22. The number of benzene rings is 2. The van der Waals surface area contributed by atoms with Crippen LogP contribution in [0.15, 0.2) is 58.2 Å². The molecule has 0 saturated carbocycles. The Hall–Kier alpha value is -2.81. The molecule has 2 aromatic heterocycles. The Kier molecular flexibility index (Phi) is 8.72. The monoisotopic (exact) mass is 525 g/mol. The highest BCUT2D eigenvalue weighted by Crippen LogP contribution is 2.26. The van der Waals surface area contributed by atoms with Crippen molar-refractivity contribution < 1.29 is 9.26 Å². The third kappa shape index (κ3) is 5.94. The number of hydrogen-bond donors (Lipinski definition) is 0. The molecule has 0 fully saturated rings. The van der Waals surface area contributed by atoms with Crippen LogP contribution in [0.1, 0.15) is 23.3 Å². The van der Waals surface area contributed by atoms with Gasteiger partial charge in [-0.1, -0.05) is 29.1 Å². The van der Waals surface area contributed by atoms with E-state index in [2.05, 4.69) is 43.0 Å². The fourth-order valence-corrected chi connectivity index (χ4v) is 5.38. The van der Waals surface area contributed by atoms with Gasteiger partial charge in [0.2, 0.25) is 0 Å². The van der Waals surface area contributed by atoms with Gasteiger partial charge in [-0.15, -0.1) is 22.6 Å². The molecule has 3 heterocycles. The van der Waals surface area contributed by atoms with Gasteiger partial charge in [0.15, 0.2) is 11.0 Å². The summed E-state index contributed by atoms with van der Waals surface area (Å²) >= 11 is 1.78. The van der Waals surface area contributed by atoms with Crippen molar-refractivity contribution in [1.82, 2.24) is 24.8 Å². The number of hydrogen-bond acceptors (Lipinski definition) is 7. The minimum atomic E-state index is 0. The molecule has 0 amide bonds. The first kappa shape index (κ1) is 26.3. The van der Waals surface area contributed by atoms with Crippen LogP contribution in [0.4, 0.5) is 0 Å². The highest BCUT2D eigenvalue weighted by atomic mass is 35.5. The lowest BCUT2D eigenvalue weighted by Crippen LogP contribution is -2.27. The fraction of sp³-hybridized carbons (Fsp3) is 0.370. The summed E-state index contributed by atoms with van der Waals surface area (Å²) in [6.07, 6.45) is 3.28. The van der Waals surface area contributed by atoms with Crippen LogP contribution in [0.2, 0.25) is 0 Å². The first-order chi connectivity index (χ1) is 17.1. The molecular weight excluding hydrogens is 494 g/mol. The van der Waals surface area contributed by atoms with Gasteiger partial charge in [0, 0.05) is 43.1 Å². The topological polar surface area (TPSA) is 69.2 Å². The summed E-state index contributed by atoms with van der Waals surface area (Å²) in [6, 6.07) is 16.7. The number of fused-ring (bicyclic) bond motifs is 1. The van der Waals surface area contributed by atoms with E-state index in [0.717, 1.165) is 84.0 Å². The fourth-order valence-electron chi connectivity index (χ4n) is 4.54. The predicted octanol–water partition coefficient (Wildman–Crippen LogP) is 5.46. The predicted molar refractivity (Wildman–Crippen MR) is 146 cm³/mol. The molecule has 0 bridgehead atoms. The summed E-state index contributed by atoms with van der Waals surface area (Å²) in [5.41, 5.74) is 5.99. The van der Waals surface area contributed by atoms with Gasteiger partial charge in [0.05, 0.1) is 7.11 Å². The number of methoxy groups -OCH3 is 1. The van der Waals surface area contributed by atoms with Crippen molar-refractivity contribution in [2.45, 2.75) is 31.3 Å². The van der Waals surface area contributed by atoms with Gasteiger partial charge >= 0.3 is 0 Å². The number of aryl methyl sites for hydroxylation is 1. The number of aromatic nitrogens is 4. The van der Waals surface area contributed by atoms with Gasteiger partial charge in [-0.05, 0) is 74.2 Å². The van der Waals surface area contributed by atoms with Crippen LogP contribution >= 0.6 is 24.2 Å². The van der Waals surface area contributed by atoms with E-state index in [1.54, 1.807) is 18.9 Å². The Balaban J connectivity index is 0.00000304. The van der Waals surface area contributed by atoms with Gasteiger partial charge in [0.1, 0.15) is 17.2 Å². The van der Waals surface area contributed by atoms with E-state index in [4.69, 9.17) is 9.26 Å². The van der Waals surface area contributed by atoms with Gasteiger partial charge in [-0.3, -0.25) is 0 Å². The number of halogens is 1. The van der Waals surface area contributed by atoms with Crippen LogP contribution in [-0.2, 0) is 19.9 Å². The molecule has 0 aliphatic carbocycles. The highest BCUT2D eigenvalue weighted by Gasteiger charge is 2.16. The number of ether oxygens (including phenoxy) is 1. The van der Waals surface area contributed by atoms with Gasteiger partial charge < -0.3 is 18.7 Å². The molecule has 0 radical (unpaired) electrons. The second kappa shape index (κ2) is 12.0. The number of nitrogens with zero attached hydrogens (tertiary/aromatic N) is 5. The smallest absolute Gasteiger partial charge is 0.191 e. The largest absolute Gasteiger partial charge is 0.497 e. The third-order valence-electron chi connectivity index (χ3n) is 6.56. The molecule has 0 unspecified atom stereocenters. The van der Waals surface area contributed by atoms with E-state index in [1.807, 2.05) is 44.3 Å². The van der Waals surface area contributed by atoms with Gasteiger partial charge in [-0.25, -0.2) is 0 Å². The molecule has 5 rings (SSSR count). The summed E-state index contributed by atoms with van der Waals surface area (Å²) in [7, 11) is 3.70. The molecule has 2 aromatic carbocycles. The van der Waals surface area contributed by atoms with Crippen LogP contribution in [-0.4, -0.2) is 57.3 Å². The minimum Gasteiger partial charge on any atom is -0.497 e. The first-order valence-electron chi connectivity index (χ1n) is 12.0. The molecule has 0 N–H and O–H groups in total. The molecule has 7 nitrogen and oxygen atoms in total. The van der Waals surface area contributed by atoms with E-state index < -0.39 is 0 Å². The van der Waals surface area contributed by atoms with Gasteiger partial charge in [-0.2, -0.15) is 0 Å². The SMILES string of the molecule is COc1ccc(-c2nnc(SCCCN3CCc4ccc(-c5cc(C)on5)cc4CC3)n2C)cc1.Cl. The Morgan fingerprint density at radius 2 is 1.72 bits per heavy atom. The Morgan fingerprint density at radius 1 is 0.972 bits per heavy atom. The number of thioether (sulfide) groups is 1. The van der Waals surface area contributed by atoms with Crippen molar-refractivity contribution in [3.05, 3.63) is 65.4 Å². The standard InChI is InChI=1S/C27H31N5O2S.ClH/c1-19-17-25(30-34-19)23-6-5-20-11-14-32(15-12-22(20)18-23)13-4-16-35-27-29-28-26(31(27)2)21-7-9-24(33-3)10-8-21;/h5-10,17-18H,4,11-16H2,1-3H3;1H. The van der Waals surface area contributed by atoms with E-state index in [1.165, 1.54) is 11.1 Å². The molecule has 0 atom stereocenters. The molecule has 0 saturated heterocycles. The van der Waals surface area contributed by atoms with Crippen LogP contribution in [0.5, 0.6) is 5.75 Å². The van der Waals surface area contributed by atoms with Crippen molar-refractivity contribution in [3.8, 4) is 28.4 Å². The number of rotatable bonds is 8. The lowest BCUT2D eigenvalue weighted by molar-refractivity contribution is 0.289. The van der Waals surface area contributed by atoms with Crippen molar-refractivity contribution in [3.63, 3.8) is 0 Å². The van der Waals surface area contributed by atoms with Crippen LogP contribution in [0, 0.1) is 6.92 Å². The van der Waals surface area contributed by atoms with Crippen molar-refractivity contribution >= 4 is 24.2 Å². The molecule has 0 spiro atoms. The van der Waals surface area contributed by atoms with Crippen molar-refractivity contribution in [2.24, 2.45) is 7.05 Å². The zero-order chi connectivity index (χ0) is 24.2. The van der Waals surface area contributed by atoms with Gasteiger partial charge in [0.25, 0.3) is 0 Å².